The summed E-state index contributed by atoms with van der Waals surface area (Å²) in [6, 6.07) is 22.3. The van der Waals surface area contributed by atoms with Crippen LogP contribution in [0.25, 0.3) is 0 Å². The van der Waals surface area contributed by atoms with Gasteiger partial charge >= 0.3 is 0 Å². The number of hydrogen-bond acceptors (Lipinski definition) is 6. The van der Waals surface area contributed by atoms with Gasteiger partial charge in [0.15, 0.2) is 0 Å². The summed E-state index contributed by atoms with van der Waals surface area (Å²) in [4.78, 5) is 26.2. The van der Waals surface area contributed by atoms with Crippen LogP contribution >= 0.6 is 11.3 Å². The third kappa shape index (κ3) is 5.16. The molecule has 0 aliphatic heterocycles. The first-order valence-electron chi connectivity index (χ1n) is 10.1. The van der Waals surface area contributed by atoms with Gasteiger partial charge in [0.25, 0.3) is 15.9 Å². The molecule has 3 aromatic carbocycles. The highest BCUT2D eigenvalue weighted by Crippen LogP contribution is 2.22. The minimum atomic E-state index is -3.82. The van der Waals surface area contributed by atoms with Crippen molar-refractivity contribution < 1.29 is 22.7 Å². The van der Waals surface area contributed by atoms with Crippen molar-refractivity contribution in [1.82, 2.24) is 0 Å². The number of carbonyl (C=O) groups is 2. The highest BCUT2D eigenvalue weighted by molar-refractivity contribution is 7.92. The molecule has 1 aromatic heterocycles. The number of rotatable bonds is 8. The first-order chi connectivity index (χ1) is 16.4. The molecule has 172 valence electrons. The van der Waals surface area contributed by atoms with E-state index in [0.717, 1.165) is 0 Å². The second kappa shape index (κ2) is 9.90. The molecular formula is C25H20N2O5S2. The van der Waals surface area contributed by atoms with Crippen LogP contribution in [0.5, 0.6) is 5.75 Å². The Balaban J connectivity index is 1.49. The lowest BCUT2D eigenvalue weighted by Crippen LogP contribution is -2.17. The zero-order valence-electron chi connectivity index (χ0n) is 18.0. The van der Waals surface area contributed by atoms with E-state index >= 15 is 0 Å². The van der Waals surface area contributed by atoms with Gasteiger partial charge in [-0.15, -0.1) is 11.3 Å². The fourth-order valence-electron chi connectivity index (χ4n) is 3.21. The summed E-state index contributed by atoms with van der Waals surface area (Å²) >= 11 is 1.31. The number of benzene rings is 3. The van der Waals surface area contributed by atoms with E-state index in [-0.39, 0.29) is 16.2 Å². The van der Waals surface area contributed by atoms with Crippen molar-refractivity contribution >= 4 is 44.4 Å². The number of ketones is 1. The predicted molar refractivity (Wildman–Crippen MR) is 132 cm³/mol. The molecule has 7 nitrogen and oxygen atoms in total. The third-order valence-corrected chi connectivity index (χ3v) is 7.19. The Morgan fingerprint density at radius 1 is 0.794 bits per heavy atom. The average Bonchev–Trinajstić information content (AvgIpc) is 3.39. The van der Waals surface area contributed by atoms with E-state index in [0.29, 0.717) is 27.6 Å². The lowest BCUT2D eigenvalue weighted by molar-refractivity contribution is 0.0998. The topological polar surface area (TPSA) is 102 Å². The van der Waals surface area contributed by atoms with Crippen LogP contribution in [0.1, 0.15) is 25.6 Å². The fraction of sp³-hybridized carbons (Fsp3) is 0.0400. The molecule has 0 saturated carbocycles. The number of hydrogen-bond donors (Lipinski definition) is 2. The zero-order valence-corrected chi connectivity index (χ0v) is 19.7. The van der Waals surface area contributed by atoms with Gasteiger partial charge in [0.2, 0.25) is 5.78 Å². The molecule has 0 bridgehead atoms. The van der Waals surface area contributed by atoms with Crippen molar-refractivity contribution in [1.29, 1.82) is 0 Å². The van der Waals surface area contributed by atoms with E-state index in [1.165, 1.54) is 42.7 Å². The Morgan fingerprint density at radius 3 is 2.06 bits per heavy atom. The van der Waals surface area contributed by atoms with Gasteiger partial charge in [-0.1, -0.05) is 24.3 Å². The monoisotopic (exact) mass is 492 g/mol. The molecule has 1 amide bonds. The summed E-state index contributed by atoms with van der Waals surface area (Å²) in [5.74, 6) is -0.0824. The first-order valence-corrected chi connectivity index (χ1v) is 12.5. The van der Waals surface area contributed by atoms with Gasteiger partial charge < -0.3 is 10.1 Å². The van der Waals surface area contributed by atoms with Crippen LogP contribution in [0.4, 0.5) is 11.4 Å². The van der Waals surface area contributed by atoms with Crippen LogP contribution in [-0.4, -0.2) is 27.2 Å². The molecule has 1 heterocycles. The van der Waals surface area contributed by atoms with Crippen LogP contribution in [0.3, 0.4) is 0 Å². The van der Waals surface area contributed by atoms with Crippen LogP contribution in [0.15, 0.2) is 95.2 Å². The van der Waals surface area contributed by atoms with Gasteiger partial charge in [-0.25, -0.2) is 8.42 Å². The van der Waals surface area contributed by atoms with Gasteiger partial charge in [-0.3, -0.25) is 14.3 Å². The molecule has 2 N–H and O–H groups in total. The van der Waals surface area contributed by atoms with Crippen LogP contribution in [-0.2, 0) is 10.0 Å². The van der Waals surface area contributed by atoms with Gasteiger partial charge in [0.05, 0.1) is 22.4 Å². The summed E-state index contributed by atoms with van der Waals surface area (Å²) in [6.07, 6.45) is 0. The van der Waals surface area contributed by atoms with Gasteiger partial charge in [0, 0.05) is 16.9 Å². The Labute approximate surface area is 201 Å². The number of thiophene rings is 1. The molecule has 4 aromatic rings. The molecule has 0 aliphatic rings. The molecule has 0 fully saturated rings. The molecule has 0 spiro atoms. The number of ether oxygens (including phenoxy) is 1. The minimum Gasteiger partial charge on any atom is -0.497 e. The number of methoxy groups -OCH3 is 1. The zero-order chi connectivity index (χ0) is 24.1. The summed E-state index contributed by atoms with van der Waals surface area (Å²) in [7, 11) is -2.29. The highest BCUT2D eigenvalue weighted by atomic mass is 32.2. The highest BCUT2D eigenvalue weighted by Gasteiger charge is 2.19. The lowest BCUT2D eigenvalue weighted by Gasteiger charge is -2.11. The van der Waals surface area contributed by atoms with E-state index < -0.39 is 15.9 Å². The maximum absolute atomic E-state index is 12.9. The standard InChI is InChI=1S/C25H20N2O5S2/c1-32-19-12-8-18(9-13-19)27-34(30,31)20-14-10-17(11-15-20)26-25(29)22-6-3-2-5-21(22)24(28)23-7-4-16-33-23/h2-16,27H,1H3,(H,26,29). The number of carbonyl (C=O) groups excluding carboxylic acids is 2. The van der Waals surface area contributed by atoms with E-state index in [1.54, 1.807) is 66.0 Å². The number of sulfonamides is 1. The summed E-state index contributed by atoms with van der Waals surface area (Å²) in [5, 5.41) is 4.52. The molecule has 0 radical (unpaired) electrons. The SMILES string of the molecule is COc1ccc(NS(=O)(=O)c2ccc(NC(=O)c3ccccc3C(=O)c3cccs3)cc2)cc1. The molecule has 0 unspecified atom stereocenters. The second-order valence-corrected chi connectivity index (χ2v) is 9.79. The molecule has 0 aliphatic carbocycles. The quantitative estimate of drug-likeness (QED) is 0.336. The lowest BCUT2D eigenvalue weighted by atomic mass is 10.0. The van der Waals surface area contributed by atoms with E-state index in [9.17, 15) is 18.0 Å². The second-order valence-electron chi connectivity index (χ2n) is 7.16. The number of amides is 1. The van der Waals surface area contributed by atoms with Crippen molar-refractivity contribution in [3.63, 3.8) is 0 Å². The summed E-state index contributed by atoms with van der Waals surface area (Å²) < 4.78 is 32.9. The Kier molecular flexibility index (Phi) is 6.76. The van der Waals surface area contributed by atoms with Crippen LogP contribution < -0.4 is 14.8 Å². The third-order valence-electron chi connectivity index (χ3n) is 4.93. The van der Waals surface area contributed by atoms with E-state index in [2.05, 4.69) is 10.0 Å². The van der Waals surface area contributed by atoms with Gasteiger partial charge in [-0.05, 0) is 66.0 Å². The maximum atomic E-state index is 12.9. The Hall–Kier alpha value is -3.95. The molecule has 0 saturated heterocycles. The molecule has 9 heteroatoms. The average molecular weight is 493 g/mol. The minimum absolute atomic E-state index is 0.0367. The van der Waals surface area contributed by atoms with E-state index in [1.807, 2.05) is 0 Å². The first kappa shape index (κ1) is 23.2. The summed E-state index contributed by atoms with van der Waals surface area (Å²) in [5.41, 5.74) is 1.32. The fourth-order valence-corrected chi connectivity index (χ4v) is 4.95. The smallest absolute Gasteiger partial charge is 0.261 e. The van der Waals surface area contributed by atoms with Crippen molar-refractivity contribution in [3.05, 3.63) is 106 Å². The predicted octanol–water partition coefficient (Wildman–Crippen LogP) is 5.04. The van der Waals surface area contributed by atoms with Gasteiger partial charge in [-0.2, -0.15) is 0 Å². The normalized spacial score (nSPS) is 11.0. The van der Waals surface area contributed by atoms with Crippen molar-refractivity contribution in [3.8, 4) is 5.75 Å². The van der Waals surface area contributed by atoms with E-state index in [4.69, 9.17) is 4.74 Å². The summed E-state index contributed by atoms with van der Waals surface area (Å²) in [6.45, 7) is 0. The van der Waals surface area contributed by atoms with Crippen molar-refractivity contribution in [2.45, 2.75) is 4.90 Å². The van der Waals surface area contributed by atoms with Crippen LogP contribution in [0, 0.1) is 0 Å². The maximum Gasteiger partial charge on any atom is 0.261 e. The molecule has 4 rings (SSSR count). The van der Waals surface area contributed by atoms with Gasteiger partial charge in [0.1, 0.15) is 5.75 Å². The molecule has 0 atom stereocenters. The largest absolute Gasteiger partial charge is 0.497 e. The Morgan fingerprint density at radius 2 is 1.44 bits per heavy atom. The van der Waals surface area contributed by atoms with Crippen molar-refractivity contribution in [2.75, 3.05) is 17.1 Å². The van der Waals surface area contributed by atoms with Crippen LogP contribution in [0.2, 0.25) is 0 Å². The number of anilines is 2. The Bertz CT molecular complexity index is 1410. The molecule has 34 heavy (non-hydrogen) atoms. The molecular weight excluding hydrogens is 472 g/mol. The number of nitrogens with one attached hydrogen (secondary N) is 2. The van der Waals surface area contributed by atoms with Crippen molar-refractivity contribution in [2.24, 2.45) is 0 Å².